The zero-order chi connectivity index (χ0) is 13.6. The van der Waals surface area contributed by atoms with E-state index in [1.807, 2.05) is 5.32 Å². The highest BCUT2D eigenvalue weighted by atomic mass is 35.5. The molecule has 1 aromatic heterocycles. The smallest absolute Gasteiger partial charge is 0.384 e. The summed E-state index contributed by atoms with van der Waals surface area (Å²) < 4.78 is 38.0. The van der Waals surface area contributed by atoms with Gasteiger partial charge in [0.1, 0.15) is 16.5 Å². The lowest BCUT2D eigenvalue weighted by Gasteiger charge is -2.20. The second-order valence-electron chi connectivity index (χ2n) is 4.14. The highest BCUT2D eigenvalue weighted by molar-refractivity contribution is 6.29. The third-order valence-electron chi connectivity index (χ3n) is 2.72. The van der Waals surface area contributed by atoms with Gasteiger partial charge in [0.2, 0.25) is 0 Å². The largest absolute Gasteiger partial charge is 0.411 e. The van der Waals surface area contributed by atoms with Crippen LogP contribution in [0.5, 0.6) is 0 Å². The van der Waals surface area contributed by atoms with Gasteiger partial charge in [-0.1, -0.05) is 11.6 Å². The minimum Gasteiger partial charge on any atom is -0.384 e. The van der Waals surface area contributed by atoms with Crippen molar-refractivity contribution in [3.8, 4) is 0 Å². The number of aromatic nitrogens is 1. The number of pyridine rings is 1. The van der Waals surface area contributed by atoms with Crippen LogP contribution in [-0.2, 0) is 0 Å². The van der Waals surface area contributed by atoms with Gasteiger partial charge in [-0.05, 0) is 25.0 Å². The quantitative estimate of drug-likeness (QED) is 0.815. The molecule has 0 aromatic carbocycles. The molecule has 0 aliphatic heterocycles. The minimum atomic E-state index is -4.45. The molecule has 0 unspecified atom stereocenters. The van der Waals surface area contributed by atoms with Gasteiger partial charge >= 0.3 is 6.18 Å². The summed E-state index contributed by atoms with van der Waals surface area (Å²) >= 11 is 5.58. The van der Waals surface area contributed by atoms with E-state index in [1.54, 1.807) is 0 Å². The summed E-state index contributed by atoms with van der Waals surface area (Å²) in [5.74, 6) is -0.884. The Morgan fingerprint density at radius 3 is 2.50 bits per heavy atom. The summed E-state index contributed by atoms with van der Waals surface area (Å²) in [4.78, 5) is 15.3. The van der Waals surface area contributed by atoms with Crippen molar-refractivity contribution in [3.63, 3.8) is 0 Å². The molecule has 4 nitrogen and oxygen atoms in total. The van der Waals surface area contributed by atoms with E-state index in [1.165, 1.54) is 12.1 Å². The Bertz CT molecular complexity index is 479. The molecule has 2 rings (SSSR count). The third-order valence-corrected chi connectivity index (χ3v) is 2.92. The van der Waals surface area contributed by atoms with Gasteiger partial charge in [0, 0.05) is 5.56 Å². The Hall–Kier alpha value is -1.50. The number of hydrogen-bond acceptors (Lipinski definition) is 3. The zero-order valence-corrected chi connectivity index (χ0v) is 9.77. The van der Waals surface area contributed by atoms with Gasteiger partial charge in [0.25, 0.3) is 5.91 Å². The Morgan fingerprint density at radius 1 is 1.44 bits per heavy atom. The molecule has 1 aliphatic carbocycles. The van der Waals surface area contributed by atoms with E-state index in [2.05, 4.69) is 4.98 Å². The lowest BCUT2D eigenvalue weighted by molar-refractivity contribution is -0.163. The van der Waals surface area contributed by atoms with Crippen LogP contribution in [0, 0.1) is 0 Å². The van der Waals surface area contributed by atoms with Gasteiger partial charge in [-0.25, -0.2) is 4.98 Å². The van der Waals surface area contributed by atoms with E-state index in [4.69, 9.17) is 17.3 Å². The minimum absolute atomic E-state index is 0.0236. The maximum absolute atomic E-state index is 12.7. The van der Waals surface area contributed by atoms with E-state index >= 15 is 0 Å². The Labute approximate surface area is 105 Å². The van der Waals surface area contributed by atoms with Crippen LogP contribution in [0.3, 0.4) is 0 Å². The molecule has 1 aromatic rings. The van der Waals surface area contributed by atoms with Crippen LogP contribution in [0.4, 0.5) is 19.0 Å². The first-order valence-electron chi connectivity index (χ1n) is 5.06. The number of rotatable bonds is 2. The number of nitrogens with two attached hydrogens (primary N) is 1. The van der Waals surface area contributed by atoms with Crippen molar-refractivity contribution in [3.05, 3.63) is 22.8 Å². The van der Waals surface area contributed by atoms with Gasteiger partial charge in [0.15, 0.2) is 0 Å². The van der Waals surface area contributed by atoms with Gasteiger partial charge < -0.3 is 11.1 Å². The monoisotopic (exact) mass is 279 g/mol. The lowest BCUT2D eigenvalue weighted by Crippen LogP contribution is -2.47. The molecule has 0 radical (unpaired) electrons. The first-order chi connectivity index (χ1) is 8.23. The summed E-state index contributed by atoms with van der Waals surface area (Å²) in [6, 6.07) is 2.34. The average molecular weight is 280 g/mol. The molecule has 1 fully saturated rings. The van der Waals surface area contributed by atoms with Crippen molar-refractivity contribution < 1.29 is 18.0 Å². The SMILES string of the molecule is Nc1cc(C(=O)NC2(C(F)(F)F)CC2)cc(Cl)n1. The van der Waals surface area contributed by atoms with Gasteiger partial charge in [-0.15, -0.1) is 0 Å². The van der Waals surface area contributed by atoms with E-state index in [0.29, 0.717) is 0 Å². The first kappa shape index (κ1) is 12.9. The number of carbonyl (C=O) groups is 1. The maximum atomic E-state index is 12.7. The Balaban J connectivity index is 2.18. The van der Waals surface area contributed by atoms with E-state index in [-0.39, 0.29) is 29.4 Å². The van der Waals surface area contributed by atoms with Crippen LogP contribution in [0.1, 0.15) is 23.2 Å². The van der Waals surface area contributed by atoms with Crippen LogP contribution in [-0.4, -0.2) is 22.6 Å². The fourth-order valence-corrected chi connectivity index (χ4v) is 1.76. The number of nitrogens with zero attached hydrogens (tertiary/aromatic N) is 1. The standard InChI is InChI=1S/C10H9ClF3N3O/c11-6-3-5(4-7(15)16-6)8(18)17-9(1-2-9)10(12,13)14/h3-4H,1-2H2,(H2,15,16)(H,17,18). The number of carbonyl (C=O) groups excluding carboxylic acids is 1. The van der Waals surface area contributed by atoms with Crippen LogP contribution in [0.25, 0.3) is 0 Å². The van der Waals surface area contributed by atoms with Crippen molar-refractivity contribution in [2.24, 2.45) is 0 Å². The highest BCUT2D eigenvalue weighted by Crippen LogP contribution is 2.49. The summed E-state index contributed by atoms with van der Waals surface area (Å²) in [6.07, 6.45) is -4.68. The molecule has 18 heavy (non-hydrogen) atoms. The Kier molecular flexibility index (Phi) is 2.89. The molecule has 0 bridgehead atoms. The summed E-state index contributed by atoms with van der Waals surface area (Å²) in [5, 5.41) is 1.93. The number of anilines is 1. The molecule has 1 amide bonds. The van der Waals surface area contributed by atoms with Gasteiger partial charge in [0.05, 0.1) is 0 Å². The molecule has 8 heteroatoms. The van der Waals surface area contributed by atoms with Crippen molar-refractivity contribution in [2.45, 2.75) is 24.6 Å². The van der Waals surface area contributed by atoms with E-state index < -0.39 is 17.6 Å². The Morgan fingerprint density at radius 2 is 2.06 bits per heavy atom. The number of nitrogens with one attached hydrogen (secondary N) is 1. The highest BCUT2D eigenvalue weighted by Gasteiger charge is 2.64. The van der Waals surface area contributed by atoms with E-state index in [9.17, 15) is 18.0 Å². The average Bonchev–Trinajstić information content (AvgIpc) is 2.96. The number of hydrogen-bond donors (Lipinski definition) is 2. The summed E-state index contributed by atoms with van der Waals surface area (Å²) in [7, 11) is 0. The summed E-state index contributed by atoms with van der Waals surface area (Å²) in [5.41, 5.74) is 3.22. The topological polar surface area (TPSA) is 68.0 Å². The molecule has 3 N–H and O–H groups in total. The fraction of sp³-hybridized carbons (Fsp3) is 0.400. The molecule has 0 spiro atoms. The normalized spacial score (nSPS) is 17.3. The summed E-state index contributed by atoms with van der Waals surface area (Å²) in [6.45, 7) is 0. The van der Waals surface area contributed by atoms with Crippen molar-refractivity contribution in [1.82, 2.24) is 10.3 Å². The molecule has 1 saturated carbocycles. The van der Waals surface area contributed by atoms with Gasteiger partial charge in [-0.3, -0.25) is 4.79 Å². The molecule has 1 heterocycles. The van der Waals surface area contributed by atoms with Crippen LogP contribution in [0.2, 0.25) is 5.15 Å². The number of nitrogen functional groups attached to an aromatic ring is 1. The van der Waals surface area contributed by atoms with Crippen molar-refractivity contribution in [1.29, 1.82) is 0 Å². The third kappa shape index (κ3) is 2.35. The maximum Gasteiger partial charge on any atom is 0.411 e. The van der Waals surface area contributed by atoms with Crippen LogP contribution in [0.15, 0.2) is 12.1 Å². The first-order valence-corrected chi connectivity index (χ1v) is 5.44. The number of amides is 1. The van der Waals surface area contributed by atoms with Crippen LogP contribution < -0.4 is 11.1 Å². The van der Waals surface area contributed by atoms with Crippen LogP contribution >= 0.6 is 11.6 Å². The molecular formula is C10H9ClF3N3O. The fourth-order valence-electron chi connectivity index (χ4n) is 1.54. The predicted molar refractivity (Wildman–Crippen MR) is 59.1 cm³/mol. The molecular weight excluding hydrogens is 271 g/mol. The molecule has 98 valence electrons. The molecule has 0 saturated heterocycles. The predicted octanol–water partition coefficient (Wildman–Crippen LogP) is 2.14. The van der Waals surface area contributed by atoms with Gasteiger partial charge in [-0.2, -0.15) is 13.2 Å². The molecule has 1 aliphatic rings. The number of halogens is 4. The second-order valence-corrected chi connectivity index (χ2v) is 4.52. The second kappa shape index (κ2) is 4.01. The lowest BCUT2D eigenvalue weighted by atomic mass is 10.2. The number of alkyl halides is 3. The van der Waals surface area contributed by atoms with Crippen molar-refractivity contribution >= 4 is 23.3 Å². The van der Waals surface area contributed by atoms with E-state index in [0.717, 1.165) is 0 Å². The zero-order valence-electron chi connectivity index (χ0n) is 9.01. The molecule has 0 atom stereocenters. The van der Waals surface area contributed by atoms with Crippen molar-refractivity contribution in [2.75, 3.05) is 5.73 Å².